The van der Waals surface area contributed by atoms with Crippen LogP contribution < -0.4 is 0 Å². The number of phenolic OH excluding ortho intramolecular Hbond substituents is 2. The number of Topliss-reactive ketones (excluding diaryl/α,β-unsaturated/α-hetero) is 1. The van der Waals surface area contributed by atoms with Crippen molar-refractivity contribution in [3.63, 3.8) is 0 Å². The fraction of sp³-hybridized carbons (Fsp3) is 0.412. The number of carbonyl (C=O) groups excluding carboxylic acids is 2. The Labute approximate surface area is 134 Å². The van der Waals surface area contributed by atoms with Crippen LogP contribution in [-0.4, -0.2) is 39.3 Å². The van der Waals surface area contributed by atoms with Crippen molar-refractivity contribution in [2.45, 2.75) is 37.7 Å². The van der Waals surface area contributed by atoms with Crippen LogP contribution in [0.3, 0.4) is 0 Å². The molecular weight excluding hydrogens is 300 g/mol. The van der Waals surface area contributed by atoms with Gasteiger partial charge in [-0.25, -0.2) is 4.79 Å². The molecule has 0 aromatic heterocycles. The summed E-state index contributed by atoms with van der Waals surface area (Å²) in [6.07, 6.45) is 4.52. The number of ether oxygens (including phenoxy) is 1. The molecule has 0 bridgehead atoms. The molecule has 0 unspecified atom stereocenters. The summed E-state index contributed by atoms with van der Waals surface area (Å²) in [5.74, 6) is -0.904. The molecule has 0 atom stereocenters. The van der Waals surface area contributed by atoms with Crippen LogP contribution in [0.25, 0.3) is 6.08 Å². The zero-order valence-electron chi connectivity index (χ0n) is 12.7. The quantitative estimate of drug-likeness (QED) is 0.435. The predicted molar refractivity (Wildman–Crippen MR) is 82.8 cm³/mol. The van der Waals surface area contributed by atoms with Crippen LogP contribution in [-0.2, 0) is 14.3 Å². The third-order valence-electron chi connectivity index (χ3n) is 3.96. The first-order chi connectivity index (χ1) is 10.9. The minimum absolute atomic E-state index is 0.0781. The molecule has 0 heterocycles. The zero-order valence-corrected chi connectivity index (χ0v) is 12.7. The van der Waals surface area contributed by atoms with Crippen LogP contribution in [0.5, 0.6) is 11.5 Å². The Morgan fingerprint density at radius 3 is 2.57 bits per heavy atom. The number of aliphatic hydroxyl groups is 1. The Morgan fingerprint density at radius 1 is 1.22 bits per heavy atom. The second-order valence-electron chi connectivity index (χ2n) is 5.76. The van der Waals surface area contributed by atoms with E-state index in [0.29, 0.717) is 37.7 Å². The molecule has 0 radical (unpaired) electrons. The van der Waals surface area contributed by atoms with E-state index < -0.39 is 11.6 Å². The third-order valence-corrected chi connectivity index (χ3v) is 3.96. The van der Waals surface area contributed by atoms with Gasteiger partial charge in [0.15, 0.2) is 11.5 Å². The average molecular weight is 320 g/mol. The third kappa shape index (κ3) is 5.10. The average Bonchev–Trinajstić information content (AvgIpc) is 2.52. The van der Waals surface area contributed by atoms with Crippen LogP contribution in [0.15, 0.2) is 24.3 Å². The number of aromatic hydroxyl groups is 2. The van der Waals surface area contributed by atoms with Gasteiger partial charge in [0.1, 0.15) is 5.78 Å². The first-order valence-corrected chi connectivity index (χ1v) is 7.49. The molecule has 0 spiro atoms. The van der Waals surface area contributed by atoms with E-state index in [2.05, 4.69) is 0 Å². The summed E-state index contributed by atoms with van der Waals surface area (Å²) < 4.78 is 5.03. The van der Waals surface area contributed by atoms with Crippen molar-refractivity contribution in [2.24, 2.45) is 0 Å². The molecule has 1 saturated carbocycles. The molecule has 1 fully saturated rings. The maximum atomic E-state index is 11.6. The van der Waals surface area contributed by atoms with E-state index in [0.717, 1.165) is 0 Å². The molecule has 23 heavy (non-hydrogen) atoms. The van der Waals surface area contributed by atoms with Crippen molar-refractivity contribution in [3.05, 3.63) is 29.8 Å². The van der Waals surface area contributed by atoms with Crippen LogP contribution in [0, 0.1) is 0 Å². The lowest BCUT2D eigenvalue weighted by molar-refractivity contribution is -0.140. The Morgan fingerprint density at radius 2 is 1.91 bits per heavy atom. The van der Waals surface area contributed by atoms with E-state index in [1.165, 1.54) is 24.3 Å². The van der Waals surface area contributed by atoms with Crippen molar-refractivity contribution < 1.29 is 29.6 Å². The lowest BCUT2D eigenvalue weighted by Crippen LogP contribution is -2.35. The number of ketones is 1. The van der Waals surface area contributed by atoms with Crippen LogP contribution in [0.4, 0.5) is 0 Å². The van der Waals surface area contributed by atoms with Gasteiger partial charge < -0.3 is 20.1 Å². The fourth-order valence-electron chi connectivity index (χ4n) is 2.44. The molecule has 1 aromatic carbocycles. The number of esters is 1. The highest BCUT2D eigenvalue weighted by Crippen LogP contribution is 2.29. The highest BCUT2D eigenvalue weighted by molar-refractivity contribution is 5.87. The number of carbonyl (C=O) groups is 2. The SMILES string of the molecule is O=C1CCC(O)(CCOC(=O)C=Cc2ccc(O)c(O)c2)CC1. The van der Waals surface area contributed by atoms with E-state index in [4.69, 9.17) is 4.74 Å². The summed E-state index contributed by atoms with van der Waals surface area (Å²) in [6.45, 7) is 0.0781. The van der Waals surface area contributed by atoms with Gasteiger partial charge in [0.25, 0.3) is 0 Å². The predicted octanol–water partition coefficient (Wildman–Crippen LogP) is 1.92. The van der Waals surface area contributed by atoms with Crippen molar-refractivity contribution in [2.75, 3.05) is 6.61 Å². The van der Waals surface area contributed by atoms with E-state index in [9.17, 15) is 24.9 Å². The summed E-state index contributed by atoms with van der Waals surface area (Å²) in [5.41, 5.74) is -0.387. The molecule has 1 aromatic rings. The number of hydrogen-bond acceptors (Lipinski definition) is 6. The summed E-state index contributed by atoms with van der Waals surface area (Å²) in [6, 6.07) is 4.18. The minimum Gasteiger partial charge on any atom is -0.504 e. The maximum absolute atomic E-state index is 11.6. The first-order valence-electron chi connectivity index (χ1n) is 7.49. The second-order valence-corrected chi connectivity index (χ2v) is 5.76. The lowest BCUT2D eigenvalue weighted by Gasteiger charge is -2.31. The zero-order chi connectivity index (χ0) is 16.9. The molecule has 124 valence electrons. The van der Waals surface area contributed by atoms with Gasteiger partial charge in [0.2, 0.25) is 0 Å². The molecule has 1 aliphatic rings. The molecule has 0 aliphatic heterocycles. The molecular formula is C17H20O6. The van der Waals surface area contributed by atoms with Gasteiger partial charge in [0, 0.05) is 25.3 Å². The number of rotatable bonds is 5. The van der Waals surface area contributed by atoms with Crippen molar-refractivity contribution in [1.82, 2.24) is 0 Å². The number of benzene rings is 1. The maximum Gasteiger partial charge on any atom is 0.330 e. The lowest BCUT2D eigenvalue weighted by atomic mass is 9.82. The van der Waals surface area contributed by atoms with Gasteiger partial charge >= 0.3 is 5.97 Å². The van der Waals surface area contributed by atoms with Gasteiger partial charge in [-0.3, -0.25) is 4.79 Å². The summed E-state index contributed by atoms with van der Waals surface area (Å²) in [5, 5.41) is 28.8. The molecule has 3 N–H and O–H groups in total. The van der Waals surface area contributed by atoms with E-state index in [1.807, 2.05) is 0 Å². The van der Waals surface area contributed by atoms with Gasteiger partial charge in [0.05, 0.1) is 12.2 Å². The molecule has 6 heteroatoms. The van der Waals surface area contributed by atoms with E-state index in [-0.39, 0.29) is 23.9 Å². The van der Waals surface area contributed by atoms with Gasteiger partial charge in [-0.1, -0.05) is 6.07 Å². The van der Waals surface area contributed by atoms with Gasteiger partial charge in [-0.2, -0.15) is 0 Å². The van der Waals surface area contributed by atoms with Gasteiger partial charge in [-0.05, 0) is 36.6 Å². The Bertz CT molecular complexity index is 610. The molecule has 2 rings (SSSR count). The standard InChI is InChI=1S/C17H20O6/c18-13-5-7-17(22,8-6-13)9-10-23-16(21)4-2-12-1-3-14(19)15(20)11-12/h1-4,11,19-20,22H,5-10H2. The van der Waals surface area contributed by atoms with Crippen LogP contribution in [0.1, 0.15) is 37.7 Å². The molecule has 0 saturated heterocycles. The van der Waals surface area contributed by atoms with E-state index >= 15 is 0 Å². The van der Waals surface area contributed by atoms with Crippen molar-refractivity contribution in [1.29, 1.82) is 0 Å². The first kappa shape index (κ1) is 17.0. The Kier molecular flexibility index (Phi) is 5.39. The van der Waals surface area contributed by atoms with Gasteiger partial charge in [-0.15, -0.1) is 0 Å². The summed E-state index contributed by atoms with van der Waals surface area (Å²) in [7, 11) is 0. The smallest absolute Gasteiger partial charge is 0.330 e. The van der Waals surface area contributed by atoms with Crippen LogP contribution in [0.2, 0.25) is 0 Å². The van der Waals surface area contributed by atoms with Crippen molar-refractivity contribution >= 4 is 17.8 Å². The summed E-state index contributed by atoms with van der Waals surface area (Å²) >= 11 is 0. The monoisotopic (exact) mass is 320 g/mol. The van der Waals surface area contributed by atoms with Crippen LogP contribution >= 0.6 is 0 Å². The molecule has 0 amide bonds. The fourth-order valence-corrected chi connectivity index (χ4v) is 2.44. The highest BCUT2D eigenvalue weighted by Gasteiger charge is 2.32. The topological polar surface area (TPSA) is 104 Å². The van der Waals surface area contributed by atoms with E-state index in [1.54, 1.807) is 6.07 Å². The Balaban J connectivity index is 1.77. The normalized spacial score (nSPS) is 17.3. The largest absolute Gasteiger partial charge is 0.504 e. The molecule has 6 nitrogen and oxygen atoms in total. The minimum atomic E-state index is -0.930. The van der Waals surface area contributed by atoms with Crippen molar-refractivity contribution in [3.8, 4) is 11.5 Å². The summed E-state index contributed by atoms with van der Waals surface area (Å²) in [4.78, 5) is 22.8. The second kappa shape index (κ2) is 7.28. The Hall–Kier alpha value is -2.34. The highest BCUT2D eigenvalue weighted by atomic mass is 16.5. The number of phenols is 2. The molecule has 1 aliphatic carbocycles. The number of hydrogen-bond donors (Lipinski definition) is 3.